The molecule has 1 saturated heterocycles. The van der Waals surface area contributed by atoms with Gasteiger partial charge in [-0.3, -0.25) is 4.90 Å². The normalized spacial score (nSPS) is 21.1. The van der Waals surface area contributed by atoms with E-state index in [2.05, 4.69) is 31.5 Å². The largest absolute Gasteiger partial charge is 0.478 e. The number of carbonyl (C=O) groups is 1. The topological polar surface area (TPSA) is 74.5 Å². The molecule has 0 bridgehead atoms. The highest BCUT2D eigenvalue weighted by molar-refractivity contribution is 5.87. The fraction of sp³-hybridized carbons (Fsp3) is 0.550. The van der Waals surface area contributed by atoms with Gasteiger partial charge in [0.2, 0.25) is 0 Å². The Balaban J connectivity index is 1.43. The van der Waals surface area contributed by atoms with Gasteiger partial charge in [0.15, 0.2) is 0 Å². The van der Waals surface area contributed by atoms with Gasteiger partial charge in [0.25, 0.3) is 0 Å². The van der Waals surface area contributed by atoms with Crippen LogP contribution in [0.3, 0.4) is 0 Å². The summed E-state index contributed by atoms with van der Waals surface area (Å²) in [6, 6.07) is 7.24. The van der Waals surface area contributed by atoms with E-state index in [-0.39, 0.29) is 0 Å². The highest BCUT2D eigenvalue weighted by Crippen LogP contribution is 2.27. The smallest absolute Gasteiger partial charge is 0.335 e. The van der Waals surface area contributed by atoms with Crippen LogP contribution in [-0.4, -0.2) is 68.4 Å². The van der Waals surface area contributed by atoms with Crippen LogP contribution in [-0.2, 0) is 19.5 Å². The van der Waals surface area contributed by atoms with E-state index in [0.717, 1.165) is 75.9 Å². The number of rotatable bonds is 5. The number of carboxylic acids is 1. The molecule has 1 N–H and O–H groups in total. The van der Waals surface area contributed by atoms with Crippen molar-refractivity contribution in [2.75, 3.05) is 32.7 Å². The molecule has 7 heteroatoms. The first-order valence-corrected chi connectivity index (χ1v) is 9.83. The number of likely N-dealkylation sites (tertiary alicyclic amines) is 1. The van der Waals surface area contributed by atoms with Gasteiger partial charge >= 0.3 is 5.97 Å². The third kappa shape index (κ3) is 3.89. The van der Waals surface area contributed by atoms with Crippen molar-refractivity contribution in [1.29, 1.82) is 0 Å². The van der Waals surface area contributed by atoms with Crippen LogP contribution in [0.4, 0.5) is 0 Å². The number of fused-ring (bicyclic) bond motifs is 1. The van der Waals surface area contributed by atoms with Crippen molar-refractivity contribution >= 4 is 5.97 Å². The van der Waals surface area contributed by atoms with Crippen LogP contribution in [0.2, 0.25) is 0 Å². The number of likely N-dealkylation sites (N-methyl/N-ethyl adjacent to an activating group) is 1. The van der Waals surface area contributed by atoms with Crippen molar-refractivity contribution < 1.29 is 9.90 Å². The molecule has 1 aromatic carbocycles. The first-order valence-electron chi connectivity index (χ1n) is 9.83. The summed E-state index contributed by atoms with van der Waals surface area (Å²) in [5, 5.41) is 18.2. The zero-order chi connectivity index (χ0) is 18.8. The molecule has 1 fully saturated rings. The van der Waals surface area contributed by atoms with Gasteiger partial charge in [-0.2, -0.15) is 0 Å². The molecule has 0 saturated carbocycles. The lowest BCUT2D eigenvalue weighted by Gasteiger charge is -2.20. The van der Waals surface area contributed by atoms with Crippen molar-refractivity contribution in [3.8, 4) is 0 Å². The van der Waals surface area contributed by atoms with Crippen molar-refractivity contribution in [2.45, 2.75) is 38.8 Å². The highest BCUT2D eigenvalue weighted by Gasteiger charge is 2.29. The molecule has 3 heterocycles. The Hall–Kier alpha value is -2.25. The molecule has 1 atom stereocenters. The second-order valence-electron chi connectivity index (χ2n) is 7.54. The average molecular weight is 369 g/mol. The highest BCUT2D eigenvalue weighted by atomic mass is 16.4. The van der Waals surface area contributed by atoms with Gasteiger partial charge in [-0.15, -0.1) is 10.2 Å². The molecule has 2 aromatic rings. The van der Waals surface area contributed by atoms with Crippen molar-refractivity contribution in [1.82, 2.24) is 24.6 Å². The maximum Gasteiger partial charge on any atom is 0.335 e. The Bertz CT molecular complexity index is 818. The quantitative estimate of drug-likeness (QED) is 0.867. The molecular formula is C20H27N5O2. The molecule has 1 aromatic heterocycles. The maximum atomic E-state index is 11.2. The molecule has 144 valence electrons. The van der Waals surface area contributed by atoms with Crippen LogP contribution < -0.4 is 0 Å². The van der Waals surface area contributed by atoms with Crippen LogP contribution in [0.15, 0.2) is 24.3 Å². The van der Waals surface area contributed by atoms with Gasteiger partial charge in [-0.05, 0) is 37.2 Å². The van der Waals surface area contributed by atoms with Crippen molar-refractivity contribution in [2.24, 2.45) is 0 Å². The van der Waals surface area contributed by atoms with Gasteiger partial charge in [0.1, 0.15) is 11.6 Å². The monoisotopic (exact) mass is 369 g/mol. The second-order valence-corrected chi connectivity index (χ2v) is 7.54. The Morgan fingerprint density at radius 3 is 2.85 bits per heavy atom. The second kappa shape index (κ2) is 7.78. The molecule has 0 amide bonds. The van der Waals surface area contributed by atoms with Crippen LogP contribution in [0, 0.1) is 0 Å². The van der Waals surface area contributed by atoms with Gasteiger partial charge < -0.3 is 14.6 Å². The number of hydrogen-bond donors (Lipinski definition) is 1. The minimum absolute atomic E-state index is 0.350. The van der Waals surface area contributed by atoms with E-state index in [1.54, 1.807) is 12.1 Å². The summed E-state index contributed by atoms with van der Waals surface area (Å²) in [6.45, 7) is 9.06. The van der Waals surface area contributed by atoms with E-state index in [0.29, 0.717) is 11.5 Å². The van der Waals surface area contributed by atoms with Crippen LogP contribution in [0.5, 0.6) is 0 Å². The van der Waals surface area contributed by atoms with E-state index in [4.69, 9.17) is 0 Å². The third-order valence-corrected chi connectivity index (χ3v) is 5.81. The minimum atomic E-state index is -0.874. The predicted octanol–water partition coefficient (Wildman–Crippen LogP) is 1.84. The molecule has 27 heavy (non-hydrogen) atoms. The summed E-state index contributed by atoms with van der Waals surface area (Å²) in [7, 11) is 0. The predicted molar refractivity (Wildman–Crippen MR) is 102 cm³/mol. The number of aromatic carboxylic acids is 1. The van der Waals surface area contributed by atoms with Gasteiger partial charge in [0.05, 0.1) is 5.56 Å². The van der Waals surface area contributed by atoms with Gasteiger partial charge in [-0.1, -0.05) is 19.1 Å². The van der Waals surface area contributed by atoms with Crippen LogP contribution >= 0.6 is 0 Å². The van der Waals surface area contributed by atoms with E-state index in [9.17, 15) is 9.90 Å². The average Bonchev–Trinajstić information content (AvgIpc) is 3.26. The fourth-order valence-electron chi connectivity index (χ4n) is 4.24. The van der Waals surface area contributed by atoms with Gasteiger partial charge in [0, 0.05) is 45.1 Å². The molecule has 4 rings (SSSR count). The summed E-state index contributed by atoms with van der Waals surface area (Å²) in [5.74, 6) is 1.85. The molecule has 7 nitrogen and oxygen atoms in total. The Labute approximate surface area is 159 Å². The number of hydrogen-bond acceptors (Lipinski definition) is 5. The number of carboxylic acid groups (broad SMARTS) is 1. The number of aromatic nitrogens is 3. The SMILES string of the molecule is CCN1CCC(c2nnc3n2CCN(Cc2cccc(C(=O)O)c2)CC3)C1. The van der Waals surface area contributed by atoms with Crippen molar-refractivity contribution in [3.63, 3.8) is 0 Å². The molecule has 1 unspecified atom stereocenters. The summed E-state index contributed by atoms with van der Waals surface area (Å²) in [5.41, 5.74) is 1.39. The summed E-state index contributed by atoms with van der Waals surface area (Å²) in [4.78, 5) is 16.0. The van der Waals surface area contributed by atoms with Crippen LogP contribution in [0.25, 0.3) is 0 Å². The lowest BCUT2D eigenvalue weighted by atomic mass is 10.1. The molecule has 0 radical (unpaired) electrons. The number of benzene rings is 1. The van der Waals surface area contributed by atoms with Crippen LogP contribution in [0.1, 0.15) is 46.8 Å². The molecule has 2 aliphatic rings. The first kappa shape index (κ1) is 18.1. The summed E-state index contributed by atoms with van der Waals surface area (Å²) in [6.07, 6.45) is 2.05. The molecule has 0 spiro atoms. The Morgan fingerprint density at radius 2 is 2.07 bits per heavy atom. The van der Waals surface area contributed by atoms with E-state index in [1.807, 2.05) is 12.1 Å². The third-order valence-electron chi connectivity index (χ3n) is 5.81. The standard InChI is InChI=1S/C20H27N5O2/c1-2-23-8-6-17(14-23)19-22-21-18-7-9-24(10-11-25(18)19)13-15-4-3-5-16(12-15)20(26)27/h3-5,12,17H,2,6-11,13-14H2,1H3,(H,26,27). The lowest BCUT2D eigenvalue weighted by Crippen LogP contribution is -2.27. The molecule has 2 aliphatic heterocycles. The zero-order valence-corrected chi connectivity index (χ0v) is 15.8. The number of nitrogens with zero attached hydrogens (tertiary/aromatic N) is 5. The fourth-order valence-corrected chi connectivity index (χ4v) is 4.24. The Kier molecular flexibility index (Phi) is 5.22. The van der Waals surface area contributed by atoms with E-state index >= 15 is 0 Å². The summed E-state index contributed by atoms with van der Waals surface area (Å²) < 4.78 is 2.33. The molecule has 0 aliphatic carbocycles. The zero-order valence-electron chi connectivity index (χ0n) is 15.8. The van der Waals surface area contributed by atoms with Gasteiger partial charge in [-0.25, -0.2) is 4.79 Å². The van der Waals surface area contributed by atoms with E-state index in [1.165, 1.54) is 0 Å². The molecular weight excluding hydrogens is 342 g/mol. The first-order chi connectivity index (χ1) is 13.1. The summed E-state index contributed by atoms with van der Waals surface area (Å²) >= 11 is 0. The van der Waals surface area contributed by atoms with E-state index < -0.39 is 5.97 Å². The van der Waals surface area contributed by atoms with Crippen molar-refractivity contribution in [3.05, 3.63) is 47.0 Å². The maximum absolute atomic E-state index is 11.2. The lowest BCUT2D eigenvalue weighted by molar-refractivity contribution is 0.0696. The Morgan fingerprint density at radius 1 is 1.19 bits per heavy atom. The minimum Gasteiger partial charge on any atom is -0.478 e.